The minimum atomic E-state index is -0.246. The fourth-order valence-corrected chi connectivity index (χ4v) is 3.04. The van der Waals surface area contributed by atoms with Crippen LogP contribution in [0.25, 0.3) is 11.3 Å². The van der Waals surface area contributed by atoms with Crippen molar-refractivity contribution in [3.8, 4) is 11.3 Å². The molecular formula is C23H23ClN2O2S. The molecule has 6 heteroatoms. The van der Waals surface area contributed by atoms with Gasteiger partial charge >= 0.3 is 0 Å². The maximum absolute atomic E-state index is 12.4. The number of amides is 1. The molecule has 0 radical (unpaired) electrons. The second-order valence-electron chi connectivity index (χ2n) is 7.74. The zero-order valence-electron chi connectivity index (χ0n) is 16.6. The summed E-state index contributed by atoms with van der Waals surface area (Å²) in [5.41, 5.74) is 2.71. The molecule has 1 amide bonds. The van der Waals surface area contributed by atoms with E-state index < -0.39 is 0 Å². The van der Waals surface area contributed by atoms with Crippen LogP contribution in [0.1, 0.15) is 42.5 Å². The highest BCUT2D eigenvalue weighted by Gasteiger charge is 2.15. The molecular weight excluding hydrogens is 404 g/mol. The van der Waals surface area contributed by atoms with Crippen LogP contribution in [0.3, 0.4) is 0 Å². The van der Waals surface area contributed by atoms with Gasteiger partial charge in [0.2, 0.25) is 0 Å². The van der Waals surface area contributed by atoms with Gasteiger partial charge in [0, 0.05) is 16.1 Å². The largest absolute Gasteiger partial charge is 0.459 e. The summed E-state index contributed by atoms with van der Waals surface area (Å²) in [6.07, 6.45) is 0. The van der Waals surface area contributed by atoms with E-state index in [0.717, 1.165) is 11.3 Å². The number of hydrogen-bond donors (Lipinski definition) is 2. The van der Waals surface area contributed by atoms with Crippen LogP contribution >= 0.6 is 23.8 Å². The Hall–Kier alpha value is -2.63. The lowest BCUT2D eigenvalue weighted by Gasteiger charge is -2.19. The van der Waals surface area contributed by atoms with Crippen molar-refractivity contribution < 1.29 is 9.21 Å². The number of hydrogen-bond acceptors (Lipinski definition) is 3. The van der Waals surface area contributed by atoms with Crippen molar-refractivity contribution in [2.45, 2.75) is 32.7 Å². The van der Waals surface area contributed by atoms with E-state index in [9.17, 15) is 4.79 Å². The van der Waals surface area contributed by atoms with E-state index in [0.29, 0.717) is 22.9 Å². The summed E-state index contributed by atoms with van der Waals surface area (Å²) in [7, 11) is 0. The highest BCUT2D eigenvalue weighted by Crippen LogP contribution is 2.24. The molecule has 2 aromatic carbocycles. The summed E-state index contributed by atoms with van der Waals surface area (Å²) < 4.78 is 5.82. The maximum atomic E-state index is 12.4. The normalized spacial score (nSPS) is 11.2. The quantitative estimate of drug-likeness (QED) is 0.525. The number of rotatable bonds is 4. The molecule has 0 fully saturated rings. The number of furan rings is 1. The summed E-state index contributed by atoms with van der Waals surface area (Å²) in [5.74, 6) is 1.21. The predicted octanol–water partition coefficient (Wildman–Crippen LogP) is 5.70. The molecule has 0 spiro atoms. The lowest BCUT2D eigenvalue weighted by atomic mass is 9.87. The van der Waals surface area contributed by atoms with Crippen molar-refractivity contribution in [2.75, 3.05) is 0 Å². The molecule has 0 aliphatic heterocycles. The molecule has 2 N–H and O–H groups in total. The average Bonchev–Trinajstić information content (AvgIpc) is 3.15. The summed E-state index contributed by atoms with van der Waals surface area (Å²) in [4.78, 5) is 12.4. The van der Waals surface area contributed by atoms with E-state index in [4.69, 9.17) is 28.2 Å². The molecule has 0 aliphatic rings. The minimum absolute atomic E-state index is 0.0414. The molecule has 1 heterocycles. The molecule has 0 unspecified atom stereocenters. The van der Waals surface area contributed by atoms with Gasteiger partial charge in [-0.05, 0) is 71.7 Å². The van der Waals surface area contributed by atoms with Crippen molar-refractivity contribution >= 4 is 34.8 Å². The Labute approximate surface area is 181 Å². The summed E-state index contributed by atoms with van der Waals surface area (Å²) in [6.45, 7) is 6.77. The lowest BCUT2D eigenvalue weighted by Crippen LogP contribution is -2.38. The van der Waals surface area contributed by atoms with E-state index in [-0.39, 0.29) is 16.4 Å². The molecule has 29 heavy (non-hydrogen) atoms. The summed E-state index contributed by atoms with van der Waals surface area (Å²) in [6, 6.07) is 18.7. The monoisotopic (exact) mass is 426 g/mol. The first-order valence-electron chi connectivity index (χ1n) is 9.27. The van der Waals surface area contributed by atoms with Crippen molar-refractivity contribution in [1.29, 1.82) is 0 Å². The van der Waals surface area contributed by atoms with Gasteiger partial charge in [-0.1, -0.05) is 44.5 Å². The number of benzene rings is 2. The second-order valence-corrected chi connectivity index (χ2v) is 8.58. The van der Waals surface area contributed by atoms with Gasteiger partial charge in [0.1, 0.15) is 11.5 Å². The van der Waals surface area contributed by atoms with E-state index in [2.05, 4.69) is 31.4 Å². The third-order valence-electron chi connectivity index (χ3n) is 4.45. The summed E-state index contributed by atoms with van der Waals surface area (Å²) >= 11 is 11.1. The Bertz CT molecular complexity index is 1000. The molecule has 0 saturated carbocycles. The SMILES string of the molecule is CC(C)(C)c1ccc(C(=O)NC(=S)NCc2ccc(-c3ccc(Cl)cc3)o2)cc1. The Balaban J connectivity index is 1.53. The van der Waals surface area contributed by atoms with Gasteiger partial charge < -0.3 is 9.73 Å². The molecule has 3 rings (SSSR count). The highest BCUT2D eigenvalue weighted by atomic mass is 35.5. The number of carbonyl (C=O) groups excluding carboxylic acids is 1. The van der Waals surface area contributed by atoms with Crippen molar-refractivity contribution in [2.24, 2.45) is 0 Å². The van der Waals surface area contributed by atoms with Gasteiger partial charge in [-0.3, -0.25) is 10.1 Å². The van der Waals surface area contributed by atoms with E-state index in [1.165, 1.54) is 5.56 Å². The number of carbonyl (C=O) groups is 1. The first-order valence-corrected chi connectivity index (χ1v) is 10.1. The van der Waals surface area contributed by atoms with Gasteiger partial charge in [0.15, 0.2) is 5.11 Å². The zero-order valence-corrected chi connectivity index (χ0v) is 18.2. The smallest absolute Gasteiger partial charge is 0.257 e. The fourth-order valence-electron chi connectivity index (χ4n) is 2.75. The third kappa shape index (κ3) is 5.68. The predicted molar refractivity (Wildman–Crippen MR) is 121 cm³/mol. The number of halogens is 1. The van der Waals surface area contributed by atoms with Crippen LogP contribution in [0.2, 0.25) is 5.02 Å². The van der Waals surface area contributed by atoms with Gasteiger partial charge in [0.05, 0.1) is 6.54 Å². The lowest BCUT2D eigenvalue weighted by molar-refractivity contribution is 0.0976. The number of nitrogens with one attached hydrogen (secondary N) is 2. The maximum Gasteiger partial charge on any atom is 0.257 e. The van der Waals surface area contributed by atoms with Gasteiger partial charge in [0.25, 0.3) is 5.91 Å². The van der Waals surface area contributed by atoms with Gasteiger partial charge in [-0.15, -0.1) is 0 Å². The molecule has 0 saturated heterocycles. The Morgan fingerprint density at radius 3 is 2.28 bits per heavy atom. The fraction of sp³-hybridized carbons (Fsp3) is 0.217. The average molecular weight is 427 g/mol. The number of thiocarbonyl (C=S) groups is 1. The molecule has 150 valence electrons. The topological polar surface area (TPSA) is 54.3 Å². The third-order valence-corrected chi connectivity index (χ3v) is 4.95. The molecule has 0 atom stereocenters. The molecule has 0 bridgehead atoms. The molecule has 3 aromatic rings. The summed E-state index contributed by atoms with van der Waals surface area (Å²) in [5, 5.41) is 6.61. The van der Waals surface area contributed by atoms with Crippen LogP contribution in [0, 0.1) is 0 Å². The molecule has 1 aromatic heterocycles. The van der Waals surface area contributed by atoms with E-state index in [1.807, 2.05) is 60.7 Å². The molecule has 4 nitrogen and oxygen atoms in total. The van der Waals surface area contributed by atoms with Gasteiger partial charge in [-0.2, -0.15) is 0 Å². The van der Waals surface area contributed by atoms with E-state index >= 15 is 0 Å². The van der Waals surface area contributed by atoms with Crippen LogP contribution in [-0.2, 0) is 12.0 Å². The van der Waals surface area contributed by atoms with Crippen LogP contribution in [0.4, 0.5) is 0 Å². The minimum Gasteiger partial charge on any atom is -0.459 e. The second kappa shape index (κ2) is 8.80. The van der Waals surface area contributed by atoms with E-state index in [1.54, 1.807) is 0 Å². The standard InChI is InChI=1S/C23H23ClN2O2S/c1-23(2,3)17-8-4-16(5-9-17)21(27)26-22(29)25-14-19-12-13-20(28-19)15-6-10-18(24)11-7-15/h4-13H,14H2,1-3H3,(H2,25,26,27,29). The van der Waals surface area contributed by atoms with Crippen LogP contribution in [0.15, 0.2) is 65.1 Å². The van der Waals surface area contributed by atoms with Crippen LogP contribution in [-0.4, -0.2) is 11.0 Å². The van der Waals surface area contributed by atoms with Crippen molar-refractivity contribution in [1.82, 2.24) is 10.6 Å². The first kappa shape index (κ1) is 21.1. The van der Waals surface area contributed by atoms with Crippen LogP contribution < -0.4 is 10.6 Å². The highest BCUT2D eigenvalue weighted by molar-refractivity contribution is 7.80. The Kier molecular flexibility index (Phi) is 6.40. The van der Waals surface area contributed by atoms with Crippen LogP contribution in [0.5, 0.6) is 0 Å². The Morgan fingerprint density at radius 2 is 1.66 bits per heavy atom. The first-order chi connectivity index (χ1) is 13.7. The van der Waals surface area contributed by atoms with Gasteiger partial charge in [-0.25, -0.2) is 0 Å². The zero-order chi connectivity index (χ0) is 21.0. The van der Waals surface area contributed by atoms with Crippen molar-refractivity contribution in [3.05, 3.63) is 82.6 Å². The molecule has 0 aliphatic carbocycles. The van der Waals surface area contributed by atoms with Crippen molar-refractivity contribution in [3.63, 3.8) is 0 Å². The Morgan fingerprint density at radius 1 is 1.00 bits per heavy atom.